The molecule has 0 bridgehead atoms. The third-order valence-electron chi connectivity index (χ3n) is 3.61. The van der Waals surface area contributed by atoms with Crippen LogP contribution in [0.1, 0.15) is 38.0 Å². The van der Waals surface area contributed by atoms with Crippen molar-refractivity contribution in [3.05, 3.63) is 22.4 Å². The van der Waals surface area contributed by atoms with Crippen LogP contribution in [0.4, 0.5) is 0 Å². The molecule has 0 amide bonds. The van der Waals surface area contributed by atoms with Crippen molar-refractivity contribution in [2.24, 2.45) is 5.92 Å². The summed E-state index contributed by atoms with van der Waals surface area (Å²) >= 11 is 1.72. The number of hydrogen-bond donors (Lipinski definition) is 1. The van der Waals surface area contributed by atoms with Crippen LogP contribution in [0.15, 0.2) is 17.5 Å². The highest BCUT2D eigenvalue weighted by atomic mass is 32.1. The van der Waals surface area contributed by atoms with E-state index in [0.29, 0.717) is 12.5 Å². The van der Waals surface area contributed by atoms with Gasteiger partial charge >= 0.3 is 5.97 Å². The van der Waals surface area contributed by atoms with Gasteiger partial charge in [0.1, 0.15) is 5.54 Å². The number of hydrogen-bond acceptors (Lipinski definition) is 4. The molecule has 2 unspecified atom stereocenters. The van der Waals surface area contributed by atoms with Crippen LogP contribution in [-0.4, -0.2) is 18.1 Å². The molecule has 0 aromatic carbocycles. The van der Waals surface area contributed by atoms with Gasteiger partial charge < -0.3 is 4.74 Å². The van der Waals surface area contributed by atoms with Gasteiger partial charge in [-0.3, -0.25) is 10.1 Å². The Morgan fingerprint density at radius 3 is 3.06 bits per heavy atom. The second-order valence-electron chi connectivity index (χ2n) is 5.08. The molecule has 1 saturated carbocycles. The second kappa shape index (κ2) is 5.85. The zero-order chi connectivity index (χ0) is 13.0. The zero-order valence-electron chi connectivity index (χ0n) is 11.1. The lowest BCUT2D eigenvalue weighted by molar-refractivity contribution is -0.151. The first kappa shape index (κ1) is 13.6. The molecule has 3 nitrogen and oxygen atoms in total. The van der Waals surface area contributed by atoms with Crippen molar-refractivity contribution in [1.29, 1.82) is 0 Å². The maximum absolute atomic E-state index is 12.2. The van der Waals surface area contributed by atoms with Crippen molar-refractivity contribution < 1.29 is 9.53 Å². The fourth-order valence-corrected chi connectivity index (χ4v) is 3.29. The van der Waals surface area contributed by atoms with E-state index in [0.717, 1.165) is 25.8 Å². The average molecular weight is 267 g/mol. The van der Waals surface area contributed by atoms with Crippen molar-refractivity contribution >= 4 is 17.3 Å². The lowest BCUT2D eigenvalue weighted by atomic mass is 9.96. The van der Waals surface area contributed by atoms with Crippen LogP contribution in [0.3, 0.4) is 0 Å². The average Bonchev–Trinajstić information content (AvgIpc) is 2.97. The molecule has 4 heteroatoms. The fraction of sp³-hybridized carbons (Fsp3) is 0.643. The quantitative estimate of drug-likeness (QED) is 0.834. The summed E-state index contributed by atoms with van der Waals surface area (Å²) in [5.41, 5.74) is -0.459. The highest BCUT2D eigenvalue weighted by Gasteiger charge is 2.44. The Kier molecular flexibility index (Phi) is 4.40. The minimum atomic E-state index is -0.459. The Bertz CT molecular complexity index is 391. The molecule has 1 heterocycles. The maximum Gasteiger partial charge on any atom is 0.326 e. The smallest absolute Gasteiger partial charge is 0.326 e. The van der Waals surface area contributed by atoms with Gasteiger partial charge in [0.15, 0.2) is 0 Å². The molecule has 18 heavy (non-hydrogen) atoms. The highest BCUT2D eigenvalue weighted by Crippen LogP contribution is 2.35. The minimum Gasteiger partial charge on any atom is -0.465 e. The Morgan fingerprint density at radius 1 is 1.67 bits per heavy atom. The maximum atomic E-state index is 12.2. The molecule has 2 rings (SSSR count). The van der Waals surface area contributed by atoms with E-state index >= 15 is 0 Å². The van der Waals surface area contributed by atoms with Crippen molar-refractivity contribution in [2.75, 3.05) is 6.61 Å². The molecule has 100 valence electrons. The minimum absolute atomic E-state index is 0.0779. The molecular weight excluding hydrogens is 246 g/mol. The van der Waals surface area contributed by atoms with E-state index in [1.165, 1.54) is 4.88 Å². The summed E-state index contributed by atoms with van der Waals surface area (Å²) in [5.74, 6) is 0.510. The lowest BCUT2D eigenvalue weighted by Gasteiger charge is -2.28. The van der Waals surface area contributed by atoms with E-state index in [1.807, 2.05) is 13.0 Å². The number of carbonyl (C=O) groups excluding carboxylic acids is 1. The van der Waals surface area contributed by atoms with Crippen molar-refractivity contribution in [2.45, 2.75) is 45.2 Å². The van der Waals surface area contributed by atoms with Gasteiger partial charge in [-0.2, -0.15) is 0 Å². The number of ether oxygens (including phenoxy) is 1. The molecule has 0 spiro atoms. The molecule has 1 aliphatic rings. The topological polar surface area (TPSA) is 38.3 Å². The Hall–Kier alpha value is -0.870. The van der Waals surface area contributed by atoms with Gasteiger partial charge in [-0.15, -0.1) is 11.3 Å². The van der Waals surface area contributed by atoms with E-state index in [4.69, 9.17) is 4.74 Å². The first-order chi connectivity index (χ1) is 8.66. The molecule has 1 aromatic rings. The molecule has 2 atom stereocenters. The molecule has 1 N–H and O–H groups in total. The monoisotopic (exact) mass is 267 g/mol. The third kappa shape index (κ3) is 2.93. The van der Waals surface area contributed by atoms with Crippen LogP contribution in [0.25, 0.3) is 0 Å². The molecule has 1 fully saturated rings. The van der Waals surface area contributed by atoms with Crippen LogP contribution >= 0.6 is 11.3 Å². The third-order valence-corrected chi connectivity index (χ3v) is 4.48. The largest absolute Gasteiger partial charge is 0.465 e. The van der Waals surface area contributed by atoms with Crippen molar-refractivity contribution in [1.82, 2.24) is 5.32 Å². The number of carbonyl (C=O) groups is 1. The summed E-state index contributed by atoms with van der Waals surface area (Å²) in [5, 5.41) is 5.51. The van der Waals surface area contributed by atoms with E-state index in [-0.39, 0.29) is 5.97 Å². The van der Waals surface area contributed by atoms with E-state index in [9.17, 15) is 4.79 Å². The summed E-state index contributed by atoms with van der Waals surface area (Å²) in [4.78, 5) is 13.5. The summed E-state index contributed by atoms with van der Waals surface area (Å²) < 4.78 is 5.25. The first-order valence-electron chi connectivity index (χ1n) is 6.61. The summed E-state index contributed by atoms with van der Waals surface area (Å²) in [6.07, 6.45) is 2.87. The van der Waals surface area contributed by atoms with Gasteiger partial charge in [0.25, 0.3) is 0 Å². The number of esters is 1. The Labute approximate surface area is 113 Å². The molecule has 0 aliphatic heterocycles. The van der Waals surface area contributed by atoms with E-state index in [2.05, 4.69) is 23.7 Å². The molecule has 1 aliphatic carbocycles. The van der Waals surface area contributed by atoms with Crippen LogP contribution in [0.5, 0.6) is 0 Å². The predicted octanol–water partition coefficient (Wildman–Crippen LogP) is 2.96. The van der Waals surface area contributed by atoms with Gasteiger partial charge in [-0.05, 0) is 43.6 Å². The SMILES string of the molecule is CCOC(=O)C1(NCc2cccs2)CCC(C)C1. The standard InChI is InChI=1S/C14H21NO2S/c1-3-17-13(16)14(7-6-11(2)9-14)15-10-12-5-4-8-18-12/h4-5,8,11,15H,3,6-7,9-10H2,1-2H3. The lowest BCUT2D eigenvalue weighted by Crippen LogP contribution is -2.50. The van der Waals surface area contributed by atoms with Gasteiger partial charge in [-0.1, -0.05) is 13.0 Å². The number of rotatable bonds is 5. The molecule has 1 aromatic heterocycles. The van der Waals surface area contributed by atoms with Crippen LogP contribution < -0.4 is 5.32 Å². The van der Waals surface area contributed by atoms with Crippen LogP contribution in [-0.2, 0) is 16.1 Å². The van der Waals surface area contributed by atoms with Gasteiger partial charge in [0, 0.05) is 11.4 Å². The molecule has 0 saturated heterocycles. The van der Waals surface area contributed by atoms with Crippen LogP contribution in [0.2, 0.25) is 0 Å². The fourth-order valence-electron chi connectivity index (χ4n) is 2.65. The second-order valence-corrected chi connectivity index (χ2v) is 6.12. The molecule has 0 radical (unpaired) electrons. The predicted molar refractivity (Wildman–Crippen MR) is 73.5 cm³/mol. The zero-order valence-corrected chi connectivity index (χ0v) is 11.9. The highest BCUT2D eigenvalue weighted by molar-refractivity contribution is 7.09. The Balaban J connectivity index is 2.03. The van der Waals surface area contributed by atoms with Crippen LogP contribution in [0, 0.1) is 5.92 Å². The van der Waals surface area contributed by atoms with E-state index in [1.54, 1.807) is 11.3 Å². The summed E-state index contributed by atoms with van der Waals surface area (Å²) in [7, 11) is 0. The van der Waals surface area contributed by atoms with Gasteiger partial charge in [0.2, 0.25) is 0 Å². The first-order valence-corrected chi connectivity index (χ1v) is 7.49. The normalized spacial score (nSPS) is 27.3. The van der Waals surface area contributed by atoms with Gasteiger partial charge in [-0.25, -0.2) is 0 Å². The van der Waals surface area contributed by atoms with Crippen molar-refractivity contribution in [3.8, 4) is 0 Å². The molecular formula is C14H21NO2S. The number of nitrogens with one attached hydrogen (secondary N) is 1. The number of thiophene rings is 1. The Morgan fingerprint density at radius 2 is 2.50 bits per heavy atom. The van der Waals surface area contributed by atoms with Gasteiger partial charge in [0.05, 0.1) is 6.61 Å². The summed E-state index contributed by atoms with van der Waals surface area (Å²) in [6, 6.07) is 4.13. The summed E-state index contributed by atoms with van der Waals surface area (Å²) in [6.45, 7) is 5.27. The van der Waals surface area contributed by atoms with Crippen molar-refractivity contribution in [3.63, 3.8) is 0 Å². The van der Waals surface area contributed by atoms with E-state index < -0.39 is 5.54 Å².